The number of ether oxygens (including phenoxy) is 1. The molecular formula is C40H40N2O9S. The second-order valence-electron chi connectivity index (χ2n) is 12.9. The molecule has 4 atom stereocenters. The van der Waals surface area contributed by atoms with Crippen molar-refractivity contribution < 1.29 is 43.7 Å². The summed E-state index contributed by atoms with van der Waals surface area (Å²) in [6.07, 6.45) is -1.13. The molecule has 0 spiro atoms. The second kappa shape index (κ2) is 18.0. The van der Waals surface area contributed by atoms with Gasteiger partial charge in [-0.15, -0.1) is 11.3 Å². The van der Waals surface area contributed by atoms with Crippen LogP contribution in [0.25, 0.3) is 11.1 Å². The van der Waals surface area contributed by atoms with Crippen LogP contribution < -0.4 is 15.4 Å². The van der Waals surface area contributed by atoms with Crippen molar-refractivity contribution in [3.05, 3.63) is 112 Å². The van der Waals surface area contributed by atoms with E-state index >= 15 is 0 Å². The highest BCUT2D eigenvalue weighted by Crippen LogP contribution is 2.23. The Hall–Kier alpha value is -5.62. The number of carbonyl (C=O) groups excluding carboxylic acids is 4. The van der Waals surface area contributed by atoms with Gasteiger partial charge in [0.25, 0.3) is 0 Å². The Morgan fingerprint density at radius 3 is 2.08 bits per heavy atom. The lowest BCUT2D eigenvalue weighted by atomic mass is 9.90. The van der Waals surface area contributed by atoms with E-state index in [4.69, 9.17) is 4.74 Å². The number of thiophene rings is 1. The minimum atomic E-state index is -1.33. The molecule has 0 radical (unpaired) electrons. The quantitative estimate of drug-likeness (QED) is 0.187. The van der Waals surface area contributed by atoms with Gasteiger partial charge in [0.2, 0.25) is 11.8 Å². The van der Waals surface area contributed by atoms with Crippen molar-refractivity contribution in [1.29, 1.82) is 0 Å². The van der Waals surface area contributed by atoms with Gasteiger partial charge in [0.1, 0.15) is 18.4 Å². The van der Waals surface area contributed by atoms with Gasteiger partial charge in [0.15, 0.2) is 11.6 Å². The third-order valence-corrected chi connectivity index (χ3v) is 9.86. The summed E-state index contributed by atoms with van der Waals surface area (Å²) >= 11 is 1.44. The van der Waals surface area contributed by atoms with Crippen molar-refractivity contribution in [2.24, 2.45) is 11.8 Å². The molecule has 2 aliphatic rings. The number of aliphatic carboxylic acids is 2. The van der Waals surface area contributed by atoms with E-state index in [-0.39, 0.29) is 44.5 Å². The van der Waals surface area contributed by atoms with Crippen molar-refractivity contribution in [3.63, 3.8) is 0 Å². The Kier molecular flexibility index (Phi) is 13.1. The summed E-state index contributed by atoms with van der Waals surface area (Å²) in [4.78, 5) is 79.5. The van der Waals surface area contributed by atoms with Gasteiger partial charge in [0, 0.05) is 36.5 Å². The number of hydrogen-bond donors (Lipinski definition) is 4. The molecule has 4 aromatic rings. The molecule has 2 amide bonds. The van der Waals surface area contributed by atoms with Crippen LogP contribution in [-0.4, -0.2) is 64.2 Å². The van der Waals surface area contributed by atoms with Gasteiger partial charge in [0.05, 0.1) is 12.0 Å². The van der Waals surface area contributed by atoms with Crippen LogP contribution in [0.2, 0.25) is 0 Å². The fraction of sp³-hybridized carbons (Fsp3) is 0.300. The summed E-state index contributed by atoms with van der Waals surface area (Å²) < 4.78 is 5.70. The number of ketones is 2. The van der Waals surface area contributed by atoms with Crippen LogP contribution in [0, 0.1) is 11.8 Å². The van der Waals surface area contributed by atoms with Crippen LogP contribution in [0.4, 0.5) is 0 Å². The highest BCUT2D eigenvalue weighted by Gasteiger charge is 2.33. The van der Waals surface area contributed by atoms with Crippen LogP contribution >= 0.6 is 11.3 Å². The maximum Gasteiger partial charge on any atom is 0.307 e. The topological polar surface area (TPSA) is 176 Å². The first-order valence-electron chi connectivity index (χ1n) is 17.0. The molecule has 52 heavy (non-hydrogen) atoms. The summed E-state index contributed by atoms with van der Waals surface area (Å²) in [6, 6.07) is 24.8. The summed E-state index contributed by atoms with van der Waals surface area (Å²) in [5, 5.41) is 26.7. The lowest BCUT2D eigenvalue weighted by molar-refractivity contribution is -0.144. The van der Waals surface area contributed by atoms with E-state index in [1.807, 2.05) is 72.1 Å². The minimum Gasteiger partial charge on any atom is -0.486 e. The molecule has 4 N–H and O–H groups in total. The molecule has 0 saturated heterocycles. The third kappa shape index (κ3) is 10.9. The lowest BCUT2D eigenvalue weighted by Crippen LogP contribution is -2.54. The predicted octanol–water partition coefficient (Wildman–Crippen LogP) is 4.91. The van der Waals surface area contributed by atoms with Crippen molar-refractivity contribution in [2.75, 3.05) is 6.61 Å². The number of carboxylic acids is 2. The summed E-state index contributed by atoms with van der Waals surface area (Å²) in [5.74, 6) is -6.33. The molecule has 3 heterocycles. The third-order valence-electron chi connectivity index (χ3n) is 8.96. The molecule has 11 nitrogen and oxygen atoms in total. The Morgan fingerprint density at radius 2 is 1.42 bits per heavy atom. The molecule has 0 aliphatic carbocycles. The van der Waals surface area contributed by atoms with Gasteiger partial charge in [-0.05, 0) is 65.1 Å². The van der Waals surface area contributed by atoms with Crippen molar-refractivity contribution in [1.82, 2.24) is 10.6 Å². The maximum atomic E-state index is 14.0. The number of amides is 2. The van der Waals surface area contributed by atoms with Crippen LogP contribution in [0.1, 0.15) is 41.7 Å². The Balaban J connectivity index is 1.48. The number of carboxylic acid groups (broad SMARTS) is 2. The highest BCUT2D eigenvalue weighted by molar-refractivity contribution is 7.09. The summed E-state index contributed by atoms with van der Waals surface area (Å²) in [6.45, 7) is -0.303. The van der Waals surface area contributed by atoms with Crippen LogP contribution in [0.15, 0.2) is 96.4 Å². The van der Waals surface area contributed by atoms with Crippen molar-refractivity contribution >= 4 is 46.7 Å². The monoisotopic (exact) mass is 724 g/mol. The molecule has 0 unspecified atom stereocenters. The van der Waals surface area contributed by atoms with E-state index in [2.05, 4.69) is 10.6 Å². The number of nitrogens with one attached hydrogen (secondary N) is 2. The zero-order valence-electron chi connectivity index (χ0n) is 28.4. The van der Waals surface area contributed by atoms with Crippen LogP contribution in [0.5, 0.6) is 5.75 Å². The number of carbonyl (C=O) groups is 6. The lowest BCUT2D eigenvalue weighted by Gasteiger charge is -2.25. The first-order valence-corrected chi connectivity index (χ1v) is 17.9. The van der Waals surface area contributed by atoms with E-state index in [9.17, 15) is 39.0 Å². The van der Waals surface area contributed by atoms with E-state index in [0.717, 1.165) is 16.0 Å². The molecule has 0 saturated carbocycles. The Morgan fingerprint density at radius 1 is 0.731 bits per heavy atom. The summed E-state index contributed by atoms with van der Waals surface area (Å²) in [7, 11) is 0. The molecule has 2 bridgehead atoms. The average molecular weight is 725 g/mol. The first-order chi connectivity index (χ1) is 25.0. The number of fused-ring (bicyclic) bond motifs is 16. The van der Waals surface area contributed by atoms with E-state index in [0.29, 0.717) is 16.9 Å². The Labute approximate surface area is 305 Å². The van der Waals surface area contributed by atoms with E-state index in [1.54, 1.807) is 24.3 Å². The predicted molar refractivity (Wildman–Crippen MR) is 194 cm³/mol. The van der Waals surface area contributed by atoms with E-state index < -0.39 is 66.3 Å². The summed E-state index contributed by atoms with van der Waals surface area (Å²) in [5.41, 5.74) is 3.24. The molecule has 270 valence electrons. The molecular weight excluding hydrogens is 685 g/mol. The smallest absolute Gasteiger partial charge is 0.307 e. The van der Waals surface area contributed by atoms with Gasteiger partial charge < -0.3 is 25.6 Å². The number of hydrogen-bond acceptors (Lipinski definition) is 8. The maximum absolute atomic E-state index is 14.0. The average Bonchev–Trinajstić information content (AvgIpc) is 3.65. The standard InChI is InChI=1S/C40H40N2O9S/c43-31-21-29(22-33-7-4-18-52-33)38(47)42-35(20-26-8-12-28(13-9-26)27-5-2-1-3-6-27)39(48)41-34(16-17-37(45)46)36(44)23-30(40(49)50)19-25-10-14-32(15-11-25)51-24-31/h1-15,18,29-30,34-35H,16-17,19-24H2,(H,41,48)(H,42,47)(H,45,46)(H,49,50)/t29-,30+,34-,35-/m0/s1. The molecule has 12 heteroatoms. The first kappa shape index (κ1) is 37.6. The number of rotatable bonds is 9. The van der Waals surface area contributed by atoms with Crippen LogP contribution in [0.3, 0.4) is 0 Å². The molecule has 1 aromatic heterocycles. The zero-order valence-corrected chi connectivity index (χ0v) is 29.2. The van der Waals surface area contributed by atoms with Gasteiger partial charge in [-0.1, -0.05) is 72.8 Å². The molecule has 6 rings (SSSR count). The molecule has 3 aromatic carbocycles. The number of Topliss-reactive ketones (excluding diaryl/α,β-unsaturated/α-hetero) is 2. The number of benzene rings is 3. The zero-order chi connectivity index (χ0) is 37.0. The van der Waals surface area contributed by atoms with Gasteiger partial charge in [-0.3, -0.25) is 28.8 Å². The Bertz CT molecular complexity index is 1860. The molecule has 0 fully saturated rings. The van der Waals surface area contributed by atoms with Gasteiger partial charge >= 0.3 is 11.9 Å². The fourth-order valence-electron chi connectivity index (χ4n) is 6.12. The van der Waals surface area contributed by atoms with Gasteiger partial charge in [-0.25, -0.2) is 0 Å². The van der Waals surface area contributed by atoms with Crippen molar-refractivity contribution in [3.8, 4) is 16.9 Å². The van der Waals surface area contributed by atoms with Crippen molar-refractivity contribution in [2.45, 2.75) is 57.0 Å². The minimum absolute atomic E-state index is 0.0120. The fourth-order valence-corrected chi connectivity index (χ4v) is 6.90. The largest absolute Gasteiger partial charge is 0.486 e. The SMILES string of the molecule is O=C(O)CC[C@@H]1NC(=O)[C@H](Cc2ccc(-c3ccccc3)cc2)NC(=O)[C@H](Cc2cccs2)CC(=O)COc2ccc(cc2)C[C@@H](C(=O)O)CC1=O. The van der Waals surface area contributed by atoms with Gasteiger partial charge in [-0.2, -0.15) is 0 Å². The normalized spacial score (nSPS) is 20.5. The van der Waals surface area contributed by atoms with E-state index in [1.165, 1.54) is 11.3 Å². The molecule has 2 aliphatic heterocycles. The second-order valence-corrected chi connectivity index (χ2v) is 13.9. The van der Waals surface area contributed by atoms with Crippen LogP contribution in [-0.2, 0) is 48.0 Å². The highest BCUT2D eigenvalue weighted by atomic mass is 32.1.